The van der Waals surface area contributed by atoms with Gasteiger partial charge in [0.15, 0.2) is 0 Å². The molecule has 0 saturated carbocycles. The third-order valence-electron chi connectivity index (χ3n) is 3.98. The summed E-state index contributed by atoms with van der Waals surface area (Å²) in [5, 5.41) is 39.1. The Hall–Kier alpha value is -0.240. The van der Waals surface area contributed by atoms with Gasteiger partial charge in [-0.05, 0) is 77.3 Å². The minimum Gasteiger partial charge on any atom is -0.393 e. The highest BCUT2D eigenvalue weighted by Crippen LogP contribution is 2.14. The van der Waals surface area contributed by atoms with Gasteiger partial charge in [-0.2, -0.15) is 0 Å². The monoisotopic (exact) mass is 320 g/mol. The van der Waals surface area contributed by atoms with E-state index in [-0.39, 0.29) is 0 Å². The molecule has 0 radical (unpaired) electrons. The van der Waals surface area contributed by atoms with E-state index in [1.54, 1.807) is 0 Å². The molecule has 4 unspecified atom stereocenters. The molecule has 0 aliphatic carbocycles. The first kappa shape index (κ1) is 21.8. The molecule has 0 aliphatic heterocycles. The maximum absolute atomic E-state index is 9.86. The van der Waals surface area contributed by atoms with Gasteiger partial charge < -0.3 is 31.9 Å². The summed E-state index contributed by atoms with van der Waals surface area (Å²) in [6.45, 7) is 1.14. The van der Waals surface area contributed by atoms with Crippen LogP contribution in [0.25, 0.3) is 0 Å². The Kier molecular flexibility index (Phi) is 14.2. The van der Waals surface area contributed by atoms with Crippen molar-refractivity contribution in [3.8, 4) is 0 Å². The second-order valence-corrected chi connectivity index (χ2v) is 6.21. The van der Waals surface area contributed by atoms with E-state index >= 15 is 0 Å². The fourth-order valence-electron chi connectivity index (χ4n) is 2.44. The zero-order chi connectivity index (χ0) is 16.8. The molecule has 0 aromatic carbocycles. The lowest BCUT2D eigenvalue weighted by Gasteiger charge is -2.17. The maximum Gasteiger partial charge on any atom is 0.0542 e. The van der Waals surface area contributed by atoms with Crippen LogP contribution in [0.3, 0.4) is 0 Å². The first-order valence-electron chi connectivity index (χ1n) is 8.62. The summed E-state index contributed by atoms with van der Waals surface area (Å²) in [5.41, 5.74) is 10.8. The molecule has 134 valence electrons. The van der Waals surface area contributed by atoms with Crippen molar-refractivity contribution in [2.45, 2.75) is 88.6 Å². The summed E-state index contributed by atoms with van der Waals surface area (Å²) in [4.78, 5) is 0. The highest BCUT2D eigenvalue weighted by atomic mass is 16.3. The fraction of sp³-hybridized carbons (Fsp3) is 1.00. The van der Waals surface area contributed by atoms with Gasteiger partial charge in [0.1, 0.15) is 0 Å². The van der Waals surface area contributed by atoms with Gasteiger partial charge in [-0.3, -0.25) is 0 Å². The van der Waals surface area contributed by atoms with Crippen molar-refractivity contribution in [2.75, 3.05) is 13.1 Å². The van der Waals surface area contributed by atoms with Crippen molar-refractivity contribution >= 4 is 0 Å². The number of aliphatic hydroxyl groups is 4. The Balaban J connectivity index is 3.61. The van der Waals surface area contributed by atoms with Crippen LogP contribution in [0.1, 0.15) is 64.2 Å². The van der Waals surface area contributed by atoms with E-state index in [1.165, 1.54) is 0 Å². The van der Waals surface area contributed by atoms with Crippen LogP contribution in [-0.2, 0) is 0 Å². The lowest BCUT2D eigenvalue weighted by atomic mass is 9.99. The Labute approximate surface area is 134 Å². The van der Waals surface area contributed by atoms with E-state index in [0.29, 0.717) is 64.5 Å². The molecule has 0 bridgehead atoms. The normalized spacial score (nSPS) is 17.2. The molecule has 0 amide bonds. The van der Waals surface area contributed by atoms with E-state index in [1.807, 2.05) is 0 Å². The number of rotatable bonds is 15. The molecule has 8 N–H and O–H groups in total. The van der Waals surface area contributed by atoms with Gasteiger partial charge in [-0.1, -0.05) is 0 Å². The van der Waals surface area contributed by atoms with Gasteiger partial charge >= 0.3 is 0 Å². The Bertz CT molecular complexity index is 220. The van der Waals surface area contributed by atoms with Gasteiger partial charge in [0.2, 0.25) is 0 Å². The fourth-order valence-corrected chi connectivity index (χ4v) is 2.44. The lowest BCUT2D eigenvalue weighted by Crippen LogP contribution is -2.18. The highest BCUT2D eigenvalue weighted by Gasteiger charge is 2.13. The SMILES string of the molecule is NCCCC(O)CCC(O)CCC(O)CCC(O)CCCN. The summed E-state index contributed by atoms with van der Waals surface area (Å²) in [5.74, 6) is 0. The van der Waals surface area contributed by atoms with Crippen LogP contribution in [0.15, 0.2) is 0 Å². The highest BCUT2D eigenvalue weighted by molar-refractivity contribution is 4.67. The van der Waals surface area contributed by atoms with E-state index in [4.69, 9.17) is 11.5 Å². The zero-order valence-electron chi connectivity index (χ0n) is 13.7. The summed E-state index contributed by atoms with van der Waals surface area (Å²) in [6, 6.07) is 0. The van der Waals surface area contributed by atoms with E-state index in [2.05, 4.69) is 0 Å². The van der Waals surface area contributed by atoms with Crippen LogP contribution in [-0.4, -0.2) is 57.9 Å². The number of hydrogen-bond acceptors (Lipinski definition) is 6. The molecule has 0 saturated heterocycles. The Morgan fingerprint density at radius 3 is 0.909 bits per heavy atom. The number of aliphatic hydroxyl groups excluding tert-OH is 4. The average Bonchev–Trinajstić information content (AvgIpc) is 2.52. The standard InChI is InChI=1S/C16H36N2O4/c17-11-1-3-13(19)5-7-15(21)9-10-16(22)8-6-14(20)4-2-12-18/h13-16,19-22H,1-12,17-18H2. The summed E-state index contributed by atoms with van der Waals surface area (Å²) >= 11 is 0. The molecule has 6 nitrogen and oxygen atoms in total. The predicted octanol–water partition coefficient (Wildman–Crippen LogP) is 0.248. The van der Waals surface area contributed by atoms with E-state index < -0.39 is 24.4 Å². The molecule has 0 aromatic heterocycles. The Morgan fingerprint density at radius 2 is 0.682 bits per heavy atom. The van der Waals surface area contributed by atoms with Crippen LogP contribution in [0.2, 0.25) is 0 Å². The first-order valence-corrected chi connectivity index (χ1v) is 8.62. The van der Waals surface area contributed by atoms with Gasteiger partial charge in [0, 0.05) is 0 Å². The van der Waals surface area contributed by atoms with Gasteiger partial charge in [0.05, 0.1) is 24.4 Å². The van der Waals surface area contributed by atoms with Crippen molar-refractivity contribution in [3.63, 3.8) is 0 Å². The number of nitrogens with two attached hydrogens (primary N) is 2. The molecular weight excluding hydrogens is 284 g/mol. The summed E-state index contributed by atoms with van der Waals surface area (Å²) in [7, 11) is 0. The lowest BCUT2D eigenvalue weighted by molar-refractivity contribution is 0.0733. The molecular formula is C16H36N2O4. The third-order valence-corrected chi connectivity index (χ3v) is 3.98. The van der Waals surface area contributed by atoms with Crippen LogP contribution >= 0.6 is 0 Å². The smallest absolute Gasteiger partial charge is 0.0542 e. The first-order chi connectivity index (χ1) is 10.5. The largest absolute Gasteiger partial charge is 0.393 e. The van der Waals surface area contributed by atoms with Crippen molar-refractivity contribution in [2.24, 2.45) is 11.5 Å². The second kappa shape index (κ2) is 14.4. The van der Waals surface area contributed by atoms with Crippen molar-refractivity contribution < 1.29 is 20.4 Å². The van der Waals surface area contributed by atoms with Gasteiger partial charge in [-0.15, -0.1) is 0 Å². The molecule has 0 aliphatic rings. The minimum absolute atomic E-state index is 0.402. The molecule has 22 heavy (non-hydrogen) atoms. The molecule has 0 spiro atoms. The summed E-state index contributed by atoms with van der Waals surface area (Å²) in [6.07, 6.45) is 4.38. The molecule has 0 fully saturated rings. The summed E-state index contributed by atoms with van der Waals surface area (Å²) < 4.78 is 0. The van der Waals surface area contributed by atoms with Crippen molar-refractivity contribution in [3.05, 3.63) is 0 Å². The van der Waals surface area contributed by atoms with Gasteiger partial charge in [0.25, 0.3) is 0 Å². The van der Waals surface area contributed by atoms with Crippen LogP contribution in [0, 0.1) is 0 Å². The van der Waals surface area contributed by atoms with Gasteiger partial charge in [-0.25, -0.2) is 0 Å². The second-order valence-electron chi connectivity index (χ2n) is 6.21. The topological polar surface area (TPSA) is 133 Å². The van der Waals surface area contributed by atoms with E-state index in [0.717, 1.165) is 12.8 Å². The molecule has 4 atom stereocenters. The zero-order valence-corrected chi connectivity index (χ0v) is 13.7. The molecule has 6 heteroatoms. The third kappa shape index (κ3) is 13.4. The molecule has 0 rings (SSSR count). The van der Waals surface area contributed by atoms with Crippen LogP contribution < -0.4 is 11.5 Å². The van der Waals surface area contributed by atoms with Crippen LogP contribution in [0.4, 0.5) is 0 Å². The quantitative estimate of drug-likeness (QED) is 0.256. The number of hydrogen-bond donors (Lipinski definition) is 6. The van der Waals surface area contributed by atoms with E-state index in [9.17, 15) is 20.4 Å². The predicted molar refractivity (Wildman–Crippen MR) is 88.3 cm³/mol. The molecule has 0 aromatic rings. The van der Waals surface area contributed by atoms with Crippen molar-refractivity contribution in [1.29, 1.82) is 0 Å². The van der Waals surface area contributed by atoms with Crippen molar-refractivity contribution in [1.82, 2.24) is 0 Å². The van der Waals surface area contributed by atoms with Crippen LogP contribution in [0.5, 0.6) is 0 Å². The average molecular weight is 320 g/mol. The maximum atomic E-state index is 9.86. The molecule has 0 heterocycles. The Morgan fingerprint density at radius 1 is 0.455 bits per heavy atom. The minimum atomic E-state index is -0.496.